The Morgan fingerprint density at radius 1 is 1.22 bits per heavy atom. The van der Waals surface area contributed by atoms with Gasteiger partial charge in [-0.25, -0.2) is 8.42 Å². The molecule has 0 radical (unpaired) electrons. The minimum absolute atomic E-state index is 0.0102. The Morgan fingerprint density at radius 2 is 2.03 bits per heavy atom. The van der Waals surface area contributed by atoms with Crippen LogP contribution in [0.4, 0.5) is 11.4 Å². The maximum Gasteiger partial charge on any atom is 0.265 e. The molecule has 10 nitrogen and oxygen atoms in total. The molecule has 0 spiro atoms. The number of carbonyl (C=O) groups is 2. The summed E-state index contributed by atoms with van der Waals surface area (Å²) in [4.78, 5) is 29.6. The summed E-state index contributed by atoms with van der Waals surface area (Å²) in [5.41, 5.74) is 0.912. The Kier molecular flexibility index (Phi) is 5.66. The van der Waals surface area contributed by atoms with E-state index in [4.69, 9.17) is 9.26 Å². The number of amides is 1. The average Bonchev–Trinajstić information content (AvgIpc) is 3.23. The molecule has 1 aliphatic heterocycles. The Bertz CT molecular complexity index is 1300. The van der Waals surface area contributed by atoms with Gasteiger partial charge in [-0.05, 0) is 37.3 Å². The maximum absolute atomic E-state index is 13.0. The number of rotatable bonds is 7. The van der Waals surface area contributed by atoms with E-state index in [9.17, 15) is 18.0 Å². The molecule has 4 rings (SSSR count). The topological polar surface area (TPSA) is 132 Å². The third-order valence-corrected chi connectivity index (χ3v) is 6.20. The first-order chi connectivity index (χ1) is 15.3. The number of fused-ring (bicyclic) bond motifs is 1. The summed E-state index contributed by atoms with van der Waals surface area (Å²) in [6.45, 7) is 3.09. The number of sulfonamides is 1. The molecule has 2 aromatic carbocycles. The van der Waals surface area contributed by atoms with Gasteiger partial charge in [0.2, 0.25) is 5.89 Å². The maximum atomic E-state index is 13.0. The van der Waals surface area contributed by atoms with E-state index in [0.717, 1.165) is 0 Å². The van der Waals surface area contributed by atoms with Gasteiger partial charge in [-0.2, -0.15) is 4.98 Å². The largest absolute Gasteiger partial charge is 0.482 e. The molecule has 0 unspecified atom stereocenters. The molecule has 0 atom stereocenters. The molecule has 2 heterocycles. The van der Waals surface area contributed by atoms with Crippen molar-refractivity contribution in [3.05, 3.63) is 59.7 Å². The fourth-order valence-electron chi connectivity index (χ4n) is 3.18. The zero-order chi connectivity index (χ0) is 22.9. The lowest BCUT2D eigenvalue weighted by molar-refractivity contribution is -0.121. The van der Waals surface area contributed by atoms with Gasteiger partial charge in [0.15, 0.2) is 18.2 Å². The SMILES string of the molecule is CCc1nc(CN2C(=O)COc3ccc(S(=O)(=O)Nc4cccc(C(C)=O)c4)cc32)no1. The zero-order valence-electron chi connectivity index (χ0n) is 17.4. The Balaban J connectivity index is 1.65. The van der Waals surface area contributed by atoms with E-state index >= 15 is 0 Å². The first-order valence-corrected chi connectivity index (χ1v) is 11.3. The molecule has 32 heavy (non-hydrogen) atoms. The quantitative estimate of drug-likeness (QED) is 0.537. The molecule has 11 heteroatoms. The number of anilines is 2. The minimum atomic E-state index is -4.01. The summed E-state index contributed by atoms with van der Waals surface area (Å²) < 4.78 is 39.0. The molecule has 0 saturated carbocycles. The fourth-order valence-corrected chi connectivity index (χ4v) is 4.25. The second-order valence-corrected chi connectivity index (χ2v) is 8.78. The number of carbonyl (C=O) groups excluding carboxylic acids is 2. The summed E-state index contributed by atoms with van der Waals surface area (Å²) in [5.74, 6) is 0.557. The van der Waals surface area contributed by atoms with Crippen LogP contribution in [0, 0.1) is 0 Å². The van der Waals surface area contributed by atoms with Crippen LogP contribution in [0.1, 0.15) is 35.9 Å². The van der Waals surface area contributed by atoms with Gasteiger partial charge in [0.25, 0.3) is 15.9 Å². The first-order valence-electron chi connectivity index (χ1n) is 9.79. The number of aromatic nitrogens is 2. The monoisotopic (exact) mass is 456 g/mol. The van der Waals surface area contributed by atoms with Crippen molar-refractivity contribution in [2.45, 2.75) is 31.7 Å². The molecule has 0 saturated heterocycles. The summed E-state index contributed by atoms with van der Waals surface area (Å²) in [5, 5.41) is 3.86. The highest BCUT2D eigenvalue weighted by atomic mass is 32.2. The molecule has 166 valence electrons. The molecule has 3 aromatic rings. The number of nitrogens with one attached hydrogen (secondary N) is 1. The number of benzene rings is 2. The van der Waals surface area contributed by atoms with Gasteiger partial charge in [0, 0.05) is 17.7 Å². The van der Waals surface area contributed by atoms with Crippen LogP contribution in [-0.4, -0.2) is 36.9 Å². The van der Waals surface area contributed by atoms with E-state index in [2.05, 4.69) is 14.9 Å². The van der Waals surface area contributed by atoms with Crippen LogP contribution in [0.5, 0.6) is 5.75 Å². The molecule has 0 fully saturated rings. The van der Waals surface area contributed by atoms with Crippen molar-refractivity contribution in [2.75, 3.05) is 16.2 Å². The van der Waals surface area contributed by atoms with Gasteiger partial charge in [0.05, 0.1) is 17.1 Å². The predicted octanol–water partition coefficient (Wildman–Crippen LogP) is 2.56. The zero-order valence-corrected chi connectivity index (χ0v) is 18.2. The van der Waals surface area contributed by atoms with Crippen LogP contribution in [0.2, 0.25) is 0 Å². The Hall–Kier alpha value is -3.73. The summed E-state index contributed by atoms with van der Waals surface area (Å²) in [6.07, 6.45) is 0.555. The fraction of sp³-hybridized carbons (Fsp3) is 0.238. The van der Waals surface area contributed by atoms with Crippen LogP contribution < -0.4 is 14.4 Å². The molecule has 1 N–H and O–H groups in total. The summed E-state index contributed by atoms with van der Waals surface area (Å²) in [6, 6.07) is 10.4. The number of nitrogens with zero attached hydrogens (tertiary/aromatic N) is 3. The van der Waals surface area contributed by atoms with Gasteiger partial charge in [0.1, 0.15) is 5.75 Å². The third-order valence-electron chi connectivity index (χ3n) is 4.82. The molecular weight excluding hydrogens is 436 g/mol. The number of Topliss-reactive ketones (excluding diaryl/α,β-unsaturated/α-hetero) is 1. The lowest BCUT2D eigenvalue weighted by Crippen LogP contribution is -2.38. The van der Waals surface area contributed by atoms with E-state index < -0.39 is 10.0 Å². The number of hydrogen-bond donors (Lipinski definition) is 1. The van der Waals surface area contributed by atoms with E-state index in [0.29, 0.717) is 29.4 Å². The molecule has 1 amide bonds. The lowest BCUT2D eigenvalue weighted by Gasteiger charge is -2.28. The van der Waals surface area contributed by atoms with E-state index in [1.165, 1.54) is 36.1 Å². The average molecular weight is 456 g/mol. The predicted molar refractivity (Wildman–Crippen MR) is 114 cm³/mol. The lowest BCUT2D eigenvalue weighted by atomic mass is 10.1. The molecule has 1 aromatic heterocycles. The number of ether oxygens (including phenoxy) is 1. The van der Waals surface area contributed by atoms with Crippen LogP contribution in [-0.2, 0) is 27.8 Å². The Morgan fingerprint density at radius 3 is 2.75 bits per heavy atom. The summed E-state index contributed by atoms with van der Waals surface area (Å²) >= 11 is 0. The standard InChI is InChI=1S/C21H20N4O6S/c1-3-20-22-19(23-31-20)11-25-17-10-16(7-8-18(17)30-12-21(25)27)32(28,29)24-15-6-4-5-14(9-15)13(2)26/h4-10,24H,3,11-12H2,1-2H3. The molecule has 0 bridgehead atoms. The highest BCUT2D eigenvalue weighted by Crippen LogP contribution is 2.35. The highest BCUT2D eigenvalue weighted by molar-refractivity contribution is 7.92. The highest BCUT2D eigenvalue weighted by Gasteiger charge is 2.29. The van der Waals surface area contributed by atoms with Crippen molar-refractivity contribution in [2.24, 2.45) is 0 Å². The van der Waals surface area contributed by atoms with Gasteiger partial charge in [-0.15, -0.1) is 0 Å². The number of hydrogen-bond acceptors (Lipinski definition) is 8. The smallest absolute Gasteiger partial charge is 0.265 e. The van der Waals surface area contributed by atoms with Crippen molar-refractivity contribution in [3.8, 4) is 5.75 Å². The van der Waals surface area contributed by atoms with Crippen molar-refractivity contribution in [1.82, 2.24) is 10.1 Å². The van der Waals surface area contributed by atoms with Crippen LogP contribution >= 0.6 is 0 Å². The van der Waals surface area contributed by atoms with Crippen molar-refractivity contribution in [3.63, 3.8) is 0 Å². The first kappa shape index (κ1) is 21.5. The summed E-state index contributed by atoms with van der Waals surface area (Å²) in [7, 11) is -4.01. The van der Waals surface area contributed by atoms with E-state index in [-0.39, 0.29) is 41.1 Å². The Labute approximate surface area is 184 Å². The molecule has 0 aliphatic carbocycles. The van der Waals surface area contributed by atoms with Crippen LogP contribution in [0.25, 0.3) is 0 Å². The van der Waals surface area contributed by atoms with Crippen LogP contribution in [0.15, 0.2) is 51.9 Å². The second-order valence-electron chi connectivity index (χ2n) is 7.10. The number of ketones is 1. The number of aryl methyl sites for hydroxylation is 1. The normalized spacial score (nSPS) is 13.4. The van der Waals surface area contributed by atoms with Crippen molar-refractivity contribution < 1.29 is 27.3 Å². The van der Waals surface area contributed by atoms with Gasteiger partial charge in [-0.3, -0.25) is 19.2 Å². The molecule has 1 aliphatic rings. The van der Waals surface area contributed by atoms with Gasteiger partial charge in [-0.1, -0.05) is 24.2 Å². The van der Waals surface area contributed by atoms with E-state index in [1.54, 1.807) is 18.2 Å². The second kappa shape index (κ2) is 8.42. The minimum Gasteiger partial charge on any atom is -0.482 e. The third kappa shape index (κ3) is 4.33. The van der Waals surface area contributed by atoms with Crippen molar-refractivity contribution >= 4 is 33.1 Å². The van der Waals surface area contributed by atoms with Crippen molar-refractivity contribution in [1.29, 1.82) is 0 Å². The van der Waals surface area contributed by atoms with E-state index in [1.807, 2.05) is 6.92 Å². The van der Waals surface area contributed by atoms with Crippen LogP contribution in [0.3, 0.4) is 0 Å². The molecular formula is C21H20N4O6S. The van der Waals surface area contributed by atoms with Gasteiger partial charge < -0.3 is 9.26 Å². The van der Waals surface area contributed by atoms with Gasteiger partial charge >= 0.3 is 0 Å².